The third-order valence-electron chi connectivity index (χ3n) is 2.37. The first kappa shape index (κ1) is 10.5. The van der Waals surface area contributed by atoms with Crippen LogP contribution >= 0.6 is 15.9 Å². The molecular weight excluding hydrogens is 256 g/mol. The number of hydrogen-bond acceptors (Lipinski definition) is 2. The van der Waals surface area contributed by atoms with Gasteiger partial charge in [0.15, 0.2) is 0 Å². The molecule has 0 aliphatic carbocycles. The average molecular weight is 267 g/mol. The van der Waals surface area contributed by atoms with Crippen LogP contribution in [0, 0.1) is 6.92 Å². The van der Waals surface area contributed by atoms with E-state index in [1.165, 1.54) is 0 Å². The Kier molecular flexibility index (Phi) is 2.93. The largest absolute Gasteiger partial charge is 0.472 e. The summed E-state index contributed by atoms with van der Waals surface area (Å²) < 4.78 is 5.94. The Hall–Kier alpha value is -1.06. The third-order valence-corrected chi connectivity index (χ3v) is 3.22. The fourth-order valence-corrected chi connectivity index (χ4v) is 1.80. The lowest BCUT2D eigenvalue weighted by atomic mass is 10.0. The highest BCUT2D eigenvalue weighted by molar-refractivity contribution is 9.10. The number of furan rings is 1. The van der Waals surface area contributed by atoms with Crippen LogP contribution in [0.1, 0.15) is 22.8 Å². The van der Waals surface area contributed by atoms with Crippen LogP contribution in [0.3, 0.4) is 0 Å². The van der Waals surface area contributed by atoms with Gasteiger partial charge < -0.3 is 9.52 Å². The molecule has 1 aromatic carbocycles. The Bertz CT molecular complexity index is 449. The first-order valence-electron chi connectivity index (χ1n) is 4.64. The van der Waals surface area contributed by atoms with Crippen LogP contribution in [0.5, 0.6) is 0 Å². The topological polar surface area (TPSA) is 33.4 Å². The number of aliphatic hydroxyl groups excluding tert-OH is 1. The lowest BCUT2D eigenvalue weighted by molar-refractivity contribution is 0.219. The molecule has 2 aromatic rings. The fraction of sp³-hybridized carbons (Fsp3) is 0.167. The molecule has 0 radical (unpaired) electrons. The zero-order valence-corrected chi connectivity index (χ0v) is 9.86. The molecule has 0 fully saturated rings. The van der Waals surface area contributed by atoms with Crippen molar-refractivity contribution in [3.05, 3.63) is 58.0 Å². The minimum Gasteiger partial charge on any atom is -0.472 e. The van der Waals surface area contributed by atoms with E-state index in [0.717, 1.165) is 21.2 Å². The van der Waals surface area contributed by atoms with Crippen molar-refractivity contribution in [2.45, 2.75) is 13.0 Å². The van der Waals surface area contributed by atoms with E-state index in [1.54, 1.807) is 18.6 Å². The van der Waals surface area contributed by atoms with Gasteiger partial charge in [-0.25, -0.2) is 0 Å². The molecule has 0 amide bonds. The number of hydrogen-bond donors (Lipinski definition) is 1. The number of aryl methyl sites for hydroxylation is 1. The SMILES string of the molecule is Cc1ccc(C(O)c2ccoc2)cc1Br. The van der Waals surface area contributed by atoms with E-state index in [0.29, 0.717) is 0 Å². The van der Waals surface area contributed by atoms with Gasteiger partial charge in [-0.05, 0) is 30.2 Å². The maximum absolute atomic E-state index is 10.0. The first-order valence-corrected chi connectivity index (χ1v) is 5.44. The van der Waals surface area contributed by atoms with E-state index >= 15 is 0 Å². The van der Waals surface area contributed by atoms with Gasteiger partial charge in [0.1, 0.15) is 6.10 Å². The van der Waals surface area contributed by atoms with Crippen LogP contribution in [-0.2, 0) is 0 Å². The second-order valence-corrected chi connectivity index (χ2v) is 4.32. The number of rotatable bonds is 2. The van der Waals surface area contributed by atoms with E-state index in [-0.39, 0.29) is 0 Å². The normalized spacial score (nSPS) is 12.7. The van der Waals surface area contributed by atoms with Crippen molar-refractivity contribution >= 4 is 15.9 Å². The molecule has 1 aromatic heterocycles. The molecule has 1 atom stereocenters. The molecule has 0 spiro atoms. The summed E-state index contributed by atoms with van der Waals surface area (Å²) in [4.78, 5) is 0. The third kappa shape index (κ3) is 2.13. The maximum atomic E-state index is 10.0. The molecule has 0 bridgehead atoms. The zero-order chi connectivity index (χ0) is 10.8. The summed E-state index contributed by atoms with van der Waals surface area (Å²) >= 11 is 3.44. The van der Waals surface area contributed by atoms with Gasteiger partial charge in [-0.3, -0.25) is 0 Å². The van der Waals surface area contributed by atoms with Crippen molar-refractivity contribution in [2.24, 2.45) is 0 Å². The van der Waals surface area contributed by atoms with Crippen molar-refractivity contribution < 1.29 is 9.52 Å². The molecule has 78 valence electrons. The molecule has 0 aliphatic rings. The predicted molar refractivity (Wildman–Crippen MR) is 61.6 cm³/mol. The monoisotopic (exact) mass is 266 g/mol. The summed E-state index contributed by atoms with van der Waals surface area (Å²) in [6, 6.07) is 7.58. The summed E-state index contributed by atoms with van der Waals surface area (Å²) in [6.45, 7) is 2.01. The summed E-state index contributed by atoms with van der Waals surface area (Å²) in [6.07, 6.45) is 2.49. The first-order chi connectivity index (χ1) is 7.18. The minimum atomic E-state index is -0.624. The van der Waals surface area contributed by atoms with Gasteiger partial charge in [-0.1, -0.05) is 28.1 Å². The highest BCUT2D eigenvalue weighted by atomic mass is 79.9. The van der Waals surface area contributed by atoms with Crippen molar-refractivity contribution in [1.29, 1.82) is 0 Å². The van der Waals surface area contributed by atoms with E-state index in [1.807, 2.05) is 25.1 Å². The Labute approximate surface area is 96.7 Å². The number of halogens is 1. The van der Waals surface area contributed by atoms with Crippen molar-refractivity contribution in [1.82, 2.24) is 0 Å². The standard InChI is InChI=1S/C12H11BrO2/c1-8-2-3-9(6-11(8)13)12(14)10-4-5-15-7-10/h2-7,12,14H,1H3. The van der Waals surface area contributed by atoms with E-state index < -0.39 is 6.10 Å². The molecule has 0 saturated heterocycles. The zero-order valence-electron chi connectivity index (χ0n) is 8.27. The molecule has 1 N–H and O–H groups in total. The molecule has 15 heavy (non-hydrogen) atoms. The Morgan fingerprint density at radius 2 is 2.07 bits per heavy atom. The van der Waals surface area contributed by atoms with Crippen LogP contribution in [0.25, 0.3) is 0 Å². The highest BCUT2D eigenvalue weighted by Gasteiger charge is 2.12. The Morgan fingerprint density at radius 3 is 2.67 bits per heavy atom. The second kappa shape index (κ2) is 4.21. The minimum absolute atomic E-state index is 0.624. The molecular formula is C12H11BrO2. The van der Waals surface area contributed by atoms with Gasteiger partial charge in [0.25, 0.3) is 0 Å². The summed E-state index contributed by atoms with van der Waals surface area (Å²) in [5, 5.41) is 10.0. The van der Waals surface area contributed by atoms with Gasteiger partial charge in [0.05, 0.1) is 12.5 Å². The highest BCUT2D eigenvalue weighted by Crippen LogP contribution is 2.26. The van der Waals surface area contributed by atoms with Crippen LogP contribution in [0.4, 0.5) is 0 Å². The second-order valence-electron chi connectivity index (χ2n) is 3.47. The van der Waals surface area contributed by atoms with Crippen molar-refractivity contribution in [3.8, 4) is 0 Å². The van der Waals surface area contributed by atoms with Gasteiger partial charge in [0.2, 0.25) is 0 Å². The van der Waals surface area contributed by atoms with Crippen LogP contribution < -0.4 is 0 Å². The quantitative estimate of drug-likeness (QED) is 0.904. The summed E-state index contributed by atoms with van der Waals surface area (Å²) in [7, 11) is 0. The lowest BCUT2D eigenvalue weighted by Gasteiger charge is -2.10. The number of aliphatic hydroxyl groups is 1. The molecule has 2 nitrogen and oxygen atoms in total. The summed E-state index contributed by atoms with van der Waals surface area (Å²) in [5.74, 6) is 0. The van der Waals surface area contributed by atoms with Gasteiger partial charge in [0, 0.05) is 10.0 Å². The van der Waals surface area contributed by atoms with Gasteiger partial charge in [-0.15, -0.1) is 0 Å². The van der Waals surface area contributed by atoms with Crippen LogP contribution in [-0.4, -0.2) is 5.11 Å². The molecule has 1 heterocycles. The molecule has 2 rings (SSSR count). The van der Waals surface area contributed by atoms with Crippen molar-refractivity contribution in [3.63, 3.8) is 0 Å². The Balaban J connectivity index is 2.34. The average Bonchev–Trinajstić information content (AvgIpc) is 2.74. The van der Waals surface area contributed by atoms with Gasteiger partial charge >= 0.3 is 0 Å². The smallest absolute Gasteiger partial charge is 0.107 e. The van der Waals surface area contributed by atoms with Crippen LogP contribution in [0.15, 0.2) is 45.7 Å². The molecule has 0 saturated carbocycles. The fourth-order valence-electron chi connectivity index (χ4n) is 1.40. The molecule has 0 aliphatic heterocycles. The number of benzene rings is 1. The predicted octanol–water partition coefficient (Wildman–Crippen LogP) is 3.43. The Morgan fingerprint density at radius 1 is 1.27 bits per heavy atom. The molecule has 3 heteroatoms. The van der Waals surface area contributed by atoms with Gasteiger partial charge in [-0.2, -0.15) is 0 Å². The lowest BCUT2D eigenvalue weighted by Crippen LogP contribution is -1.98. The van der Waals surface area contributed by atoms with E-state index in [4.69, 9.17) is 4.42 Å². The maximum Gasteiger partial charge on any atom is 0.107 e. The van der Waals surface area contributed by atoms with E-state index in [9.17, 15) is 5.11 Å². The summed E-state index contributed by atoms with van der Waals surface area (Å²) in [5.41, 5.74) is 2.78. The van der Waals surface area contributed by atoms with Crippen molar-refractivity contribution in [2.75, 3.05) is 0 Å². The van der Waals surface area contributed by atoms with Crippen LogP contribution in [0.2, 0.25) is 0 Å². The molecule has 1 unspecified atom stereocenters. The van der Waals surface area contributed by atoms with E-state index in [2.05, 4.69) is 15.9 Å².